The molecule has 1 fully saturated rings. The van der Waals surface area contributed by atoms with Crippen molar-refractivity contribution in [2.75, 3.05) is 23.3 Å². The minimum atomic E-state index is -0.0777. The number of hydrogen-bond donors (Lipinski definition) is 1. The number of aromatic nitrogens is 4. The summed E-state index contributed by atoms with van der Waals surface area (Å²) in [5.74, 6) is 0.613. The highest BCUT2D eigenvalue weighted by Gasteiger charge is 2.27. The van der Waals surface area contributed by atoms with Crippen LogP contribution < -0.4 is 10.2 Å². The van der Waals surface area contributed by atoms with Crippen molar-refractivity contribution in [3.8, 4) is 0 Å². The first-order chi connectivity index (χ1) is 11.3. The lowest BCUT2D eigenvalue weighted by atomic mass is 9.97. The third-order valence-corrected chi connectivity index (χ3v) is 4.69. The molecule has 0 bridgehead atoms. The van der Waals surface area contributed by atoms with Crippen molar-refractivity contribution in [3.63, 3.8) is 0 Å². The molecule has 3 heterocycles. The topological polar surface area (TPSA) is 83.9 Å². The van der Waals surface area contributed by atoms with Crippen molar-refractivity contribution >= 4 is 28.3 Å². The number of aryl methyl sites for hydroxylation is 1. The number of nitrogens with one attached hydrogen (secondary N) is 1. The summed E-state index contributed by atoms with van der Waals surface area (Å²) < 4.78 is 0. The summed E-state index contributed by atoms with van der Waals surface area (Å²) in [5, 5.41) is 12.6. The second-order valence-electron chi connectivity index (χ2n) is 5.57. The van der Waals surface area contributed by atoms with Crippen LogP contribution in [0.1, 0.15) is 31.2 Å². The largest absolute Gasteiger partial charge is 0.340 e. The average molecular weight is 332 g/mol. The number of carbonyl (C=O) groups excluding carboxylic acids is 1. The van der Waals surface area contributed by atoms with Gasteiger partial charge in [-0.15, -0.1) is 10.2 Å². The van der Waals surface area contributed by atoms with Crippen LogP contribution in [0.5, 0.6) is 0 Å². The first-order valence-corrected chi connectivity index (χ1v) is 8.73. The van der Waals surface area contributed by atoms with Crippen LogP contribution in [0.2, 0.25) is 0 Å². The van der Waals surface area contributed by atoms with Gasteiger partial charge in [0.25, 0.3) is 0 Å². The normalized spacial score (nSPS) is 18.0. The van der Waals surface area contributed by atoms with Gasteiger partial charge < -0.3 is 10.2 Å². The summed E-state index contributed by atoms with van der Waals surface area (Å²) in [6.45, 7) is 3.62. The first-order valence-electron chi connectivity index (χ1n) is 7.91. The van der Waals surface area contributed by atoms with Crippen molar-refractivity contribution in [1.29, 1.82) is 0 Å². The molecule has 0 radical (unpaired) electrons. The lowest BCUT2D eigenvalue weighted by molar-refractivity contribution is -0.120. The number of anilines is 2. The van der Waals surface area contributed by atoms with Crippen molar-refractivity contribution in [1.82, 2.24) is 20.2 Å². The van der Waals surface area contributed by atoms with Gasteiger partial charge in [0, 0.05) is 31.9 Å². The Morgan fingerprint density at radius 3 is 3.00 bits per heavy atom. The fourth-order valence-electron chi connectivity index (χ4n) is 2.65. The summed E-state index contributed by atoms with van der Waals surface area (Å²) in [6.07, 6.45) is 7.20. The molecule has 1 aliphatic rings. The van der Waals surface area contributed by atoms with Gasteiger partial charge in [0.1, 0.15) is 5.01 Å². The zero-order valence-corrected chi connectivity index (χ0v) is 13.9. The van der Waals surface area contributed by atoms with Gasteiger partial charge in [0.05, 0.1) is 5.92 Å². The summed E-state index contributed by atoms with van der Waals surface area (Å²) in [5.41, 5.74) is 0. The van der Waals surface area contributed by atoms with Crippen molar-refractivity contribution in [2.24, 2.45) is 5.92 Å². The predicted molar refractivity (Wildman–Crippen MR) is 89.5 cm³/mol. The van der Waals surface area contributed by atoms with Crippen LogP contribution >= 0.6 is 11.3 Å². The summed E-state index contributed by atoms with van der Waals surface area (Å²) in [7, 11) is 0. The number of amides is 1. The third kappa shape index (κ3) is 4.01. The molecular formula is C15H20N6OS. The lowest BCUT2D eigenvalue weighted by Gasteiger charge is -2.31. The van der Waals surface area contributed by atoms with E-state index in [2.05, 4.69) is 37.3 Å². The smallest absolute Gasteiger partial charge is 0.231 e. The molecule has 8 heteroatoms. The Balaban J connectivity index is 1.60. The number of carbonyl (C=O) groups is 1. The molecule has 1 unspecified atom stereocenters. The Hall–Kier alpha value is -2.09. The zero-order chi connectivity index (χ0) is 16.1. The number of hydrogen-bond acceptors (Lipinski definition) is 7. The predicted octanol–water partition coefficient (Wildman–Crippen LogP) is 2.14. The molecule has 2 aromatic rings. The summed E-state index contributed by atoms with van der Waals surface area (Å²) in [6, 6.07) is 1.79. The lowest BCUT2D eigenvalue weighted by Crippen LogP contribution is -2.41. The maximum absolute atomic E-state index is 12.5. The highest BCUT2D eigenvalue weighted by Crippen LogP contribution is 2.23. The van der Waals surface area contributed by atoms with Crippen molar-refractivity contribution < 1.29 is 4.79 Å². The van der Waals surface area contributed by atoms with Gasteiger partial charge in [-0.3, -0.25) is 4.79 Å². The molecule has 1 atom stereocenters. The number of rotatable bonds is 5. The van der Waals surface area contributed by atoms with Gasteiger partial charge in [0.2, 0.25) is 17.0 Å². The maximum atomic E-state index is 12.5. The Bertz CT molecular complexity index is 646. The molecule has 1 N–H and O–H groups in total. The summed E-state index contributed by atoms with van der Waals surface area (Å²) >= 11 is 1.45. The fraction of sp³-hybridized carbons (Fsp3) is 0.533. The average Bonchev–Trinajstić information content (AvgIpc) is 3.03. The third-order valence-electron chi connectivity index (χ3n) is 3.79. The van der Waals surface area contributed by atoms with E-state index >= 15 is 0 Å². The van der Waals surface area contributed by atoms with Gasteiger partial charge >= 0.3 is 0 Å². The van der Waals surface area contributed by atoms with Crippen LogP contribution in [0.15, 0.2) is 18.5 Å². The van der Waals surface area contributed by atoms with E-state index in [0.717, 1.165) is 37.2 Å². The molecule has 1 aliphatic heterocycles. The summed E-state index contributed by atoms with van der Waals surface area (Å²) in [4.78, 5) is 23.1. The van der Waals surface area contributed by atoms with E-state index in [-0.39, 0.29) is 11.8 Å². The SMILES string of the molecule is CCCc1nnc(NC(=O)C2CCCN(c3ncccn3)C2)s1. The Morgan fingerprint density at radius 1 is 1.39 bits per heavy atom. The van der Waals surface area contributed by atoms with E-state index < -0.39 is 0 Å². The molecule has 3 rings (SSSR count). The Labute approximate surface area is 139 Å². The van der Waals surface area contributed by atoms with E-state index in [9.17, 15) is 4.79 Å². The highest BCUT2D eigenvalue weighted by atomic mass is 32.1. The molecule has 1 saturated heterocycles. The van der Waals surface area contributed by atoms with Gasteiger partial charge in [-0.05, 0) is 25.3 Å². The molecule has 0 saturated carbocycles. The van der Waals surface area contributed by atoms with E-state index in [1.807, 2.05) is 0 Å². The quantitative estimate of drug-likeness (QED) is 0.903. The molecule has 7 nitrogen and oxygen atoms in total. The molecule has 23 heavy (non-hydrogen) atoms. The van der Waals surface area contributed by atoms with E-state index in [4.69, 9.17) is 0 Å². The monoisotopic (exact) mass is 332 g/mol. The van der Waals surface area contributed by atoms with Crippen LogP contribution in [-0.2, 0) is 11.2 Å². The molecule has 122 valence electrons. The fourth-order valence-corrected chi connectivity index (χ4v) is 3.50. The Kier molecular flexibility index (Phi) is 5.12. The molecule has 0 aliphatic carbocycles. The van der Waals surface area contributed by atoms with E-state index in [1.165, 1.54) is 11.3 Å². The number of nitrogens with zero attached hydrogens (tertiary/aromatic N) is 5. The van der Waals surface area contributed by atoms with Gasteiger partial charge in [-0.2, -0.15) is 0 Å². The highest BCUT2D eigenvalue weighted by molar-refractivity contribution is 7.15. The Morgan fingerprint density at radius 2 is 2.22 bits per heavy atom. The van der Waals surface area contributed by atoms with Gasteiger partial charge in [0.15, 0.2) is 0 Å². The van der Waals surface area contributed by atoms with Gasteiger partial charge in [-0.1, -0.05) is 18.3 Å². The standard InChI is InChI=1S/C15H20N6OS/c1-2-5-12-19-20-15(23-12)18-13(22)11-6-3-9-21(10-11)14-16-7-4-8-17-14/h4,7-8,11H,2-3,5-6,9-10H2,1H3,(H,18,20,22). The van der Waals surface area contributed by atoms with Crippen molar-refractivity contribution in [2.45, 2.75) is 32.6 Å². The molecule has 2 aromatic heterocycles. The van der Waals surface area contributed by atoms with E-state index in [0.29, 0.717) is 17.6 Å². The molecular weight excluding hydrogens is 312 g/mol. The molecule has 0 aromatic carbocycles. The van der Waals surface area contributed by atoms with Crippen LogP contribution in [0.4, 0.5) is 11.1 Å². The first kappa shape index (κ1) is 15.8. The van der Waals surface area contributed by atoms with Gasteiger partial charge in [-0.25, -0.2) is 9.97 Å². The van der Waals surface area contributed by atoms with Crippen LogP contribution in [-0.4, -0.2) is 39.2 Å². The van der Waals surface area contributed by atoms with Crippen LogP contribution in [0.25, 0.3) is 0 Å². The minimum absolute atomic E-state index is 0.00447. The molecule has 1 amide bonds. The maximum Gasteiger partial charge on any atom is 0.231 e. The second kappa shape index (κ2) is 7.45. The second-order valence-corrected chi connectivity index (χ2v) is 6.64. The molecule has 0 spiro atoms. The number of piperidine rings is 1. The van der Waals surface area contributed by atoms with Crippen molar-refractivity contribution in [3.05, 3.63) is 23.5 Å². The van der Waals surface area contributed by atoms with Crippen LogP contribution in [0.3, 0.4) is 0 Å². The zero-order valence-electron chi connectivity index (χ0n) is 13.1. The van der Waals surface area contributed by atoms with Crippen LogP contribution in [0, 0.1) is 5.92 Å². The minimum Gasteiger partial charge on any atom is -0.340 e. The van der Waals surface area contributed by atoms with E-state index in [1.54, 1.807) is 18.5 Å².